The van der Waals surface area contributed by atoms with Crippen molar-refractivity contribution in [1.29, 1.82) is 0 Å². The molecule has 0 N–H and O–H groups in total. The molecule has 0 aromatic heterocycles. The van der Waals surface area contributed by atoms with Crippen LogP contribution in [0.3, 0.4) is 0 Å². The minimum Gasteiger partial charge on any atom is -0.258 e. The van der Waals surface area contributed by atoms with Crippen LogP contribution in [0, 0.1) is 51.9 Å². The van der Waals surface area contributed by atoms with E-state index in [0.717, 1.165) is 31.7 Å². The number of hydrogen-bond donors (Lipinski definition) is 0. The van der Waals surface area contributed by atoms with E-state index in [0.29, 0.717) is 5.56 Å². The molecule has 6 rings (SSSR count). The van der Waals surface area contributed by atoms with Crippen molar-refractivity contribution in [2.45, 2.75) is 0 Å². The Kier molecular flexibility index (Phi) is 4.41. The molecule has 0 aliphatic heterocycles. The standard InChI is InChI=1S/C30H19NO2/c32-31(33)30-16-8-7-9-21(30)20-17-18-28-26-14-4-3-12-24(26)22-10-1-2-11-23(22)25-13-5-6-15-27(25)29(28)19-20/h1-19H/b24-22-,25-23-,28-26-,29-27-. The summed E-state index contributed by atoms with van der Waals surface area (Å²) >= 11 is 0. The topological polar surface area (TPSA) is 43.1 Å². The lowest BCUT2D eigenvalue weighted by Crippen LogP contribution is -1.93. The Morgan fingerprint density at radius 1 is 0.455 bits per heavy atom. The second-order valence-electron chi connectivity index (χ2n) is 8.17. The van der Waals surface area contributed by atoms with Crippen LogP contribution in [0.1, 0.15) is 0 Å². The summed E-state index contributed by atoms with van der Waals surface area (Å²) in [5.74, 6) is 0. The lowest BCUT2D eigenvalue weighted by Gasteiger charge is -2.06. The van der Waals surface area contributed by atoms with Crippen LogP contribution >= 0.6 is 0 Å². The summed E-state index contributed by atoms with van der Waals surface area (Å²) in [4.78, 5) is 11.4. The lowest BCUT2D eigenvalue weighted by molar-refractivity contribution is -0.384. The zero-order valence-corrected chi connectivity index (χ0v) is 17.7. The van der Waals surface area contributed by atoms with Gasteiger partial charge < -0.3 is 0 Å². The minimum absolute atomic E-state index is 0.113. The normalized spacial score (nSPS) is 15.6. The molecule has 3 heteroatoms. The summed E-state index contributed by atoms with van der Waals surface area (Å²) in [5.41, 5.74) is 1.57. The van der Waals surface area contributed by atoms with Gasteiger partial charge in [-0.3, -0.25) is 10.1 Å². The van der Waals surface area contributed by atoms with E-state index < -0.39 is 0 Å². The third-order valence-corrected chi connectivity index (χ3v) is 6.37. The third-order valence-electron chi connectivity index (χ3n) is 6.37. The van der Waals surface area contributed by atoms with E-state index in [4.69, 9.17) is 0 Å². The van der Waals surface area contributed by atoms with Gasteiger partial charge in [-0.15, -0.1) is 0 Å². The maximum Gasteiger partial charge on any atom is 0.277 e. The highest BCUT2D eigenvalue weighted by Gasteiger charge is 2.14. The molecule has 5 aromatic carbocycles. The third kappa shape index (κ3) is 3.06. The van der Waals surface area contributed by atoms with Crippen molar-refractivity contribution in [3.63, 3.8) is 0 Å². The van der Waals surface area contributed by atoms with Gasteiger partial charge in [-0.05, 0) is 59.4 Å². The first-order valence-corrected chi connectivity index (χ1v) is 10.9. The Hall–Kier alpha value is -4.50. The molecular formula is C30H19NO2. The van der Waals surface area contributed by atoms with Gasteiger partial charge in [0.1, 0.15) is 0 Å². The van der Waals surface area contributed by atoms with Crippen LogP contribution in [0.25, 0.3) is 11.1 Å². The van der Waals surface area contributed by atoms with Crippen molar-refractivity contribution in [3.8, 4) is 11.1 Å². The van der Waals surface area contributed by atoms with Crippen LogP contribution in [0.4, 0.5) is 5.69 Å². The summed E-state index contributed by atoms with van der Waals surface area (Å²) in [6.07, 6.45) is 0. The maximum absolute atomic E-state index is 11.7. The molecule has 0 atom stereocenters. The van der Waals surface area contributed by atoms with E-state index in [1.165, 1.54) is 15.7 Å². The fourth-order valence-corrected chi connectivity index (χ4v) is 4.90. The molecule has 156 valence electrons. The van der Waals surface area contributed by atoms with Crippen LogP contribution in [-0.4, -0.2) is 4.92 Å². The zero-order valence-electron chi connectivity index (χ0n) is 17.7. The number of hydrogen-bond acceptors (Lipinski definition) is 2. The second-order valence-corrected chi connectivity index (χ2v) is 8.17. The van der Waals surface area contributed by atoms with Crippen LogP contribution in [0.5, 0.6) is 0 Å². The fraction of sp³-hybridized carbons (Fsp3) is 0. The van der Waals surface area contributed by atoms with Gasteiger partial charge in [0.05, 0.1) is 10.5 Å². The molecule has 33 heavy (non-hydrogen) atoms. The van der Waals surface area contributed by atoms with Gasteiger partial charge in [-0.1, -0.05) is 97.1 Å². The number of nitrogens with zero attached hydrogens (tertiary/aromatic N) is 1. The Morgan fingerprint density at radius 3 is 1.33 bits per heavy atom. The summed E-state index contributed by atoms with van der Waals surface area (Å²) in [6, 6.07) is 38.5. The van der Waals surface area contributed by atoms with Gasteiger partial charge in [0.25, 0.3) is 5.69 Å². The molecule has 0 heterocycles. The van der Waals surface area contributed by atoms with Gasteiger partial charge in [-0.2, -0.15) is 0 Å². The van der Waals surface area contributed by atoms with Crippen molar-refractivity contribution < 1.29 is 4.92 Å². The van der Waals surface area contributed by atoms with Gasteiger partial charge in [0.15, 0.2) is 0 Å². The fourth-order valence-electron chi connectivity index (χ4n) is 4.90. The monoisotopic (exact) mass is 425 g/mol. The van der Waals surface area contributed by atoms with E-state index in [9.17, 15) is 10.1 Å². The molecule has 1 aliphatic carbocycles. The van der Waals surface area contributed by atoms with E-state index in [2.05, 4.69) is 84.9 Å². The molecule has 5 aromatic rings. The Balaban J connectivity index is 1.97. The number of para-hydroxylation sites is 1. The molecule has 0 spiro atoms. The van der Waals surface area contributed by atoms with E-state index in [-0.39, 0.29) is 10.6 Å². The molecule has 0 saturated heterocycles. The molecule has 0 unspecified atom stereocenters. The average Bonchev–Trinajstić information content (AvgIpc) is 2.87. The lowest BCUT2D eigenvalue weighted by atomic mass is 9.98. The molecule has 3 nitrogen and oxygen atoms in total. The van der Waals surface area contributed by atoms with Gasteiger partial charge in [-0.25, -0.2) is 0 Å². The quantitative estimate of drug-likeness (QED) is 0.228. The molecule has 0 fully saturated rings. The SMILES string of the molecule is O=[N+]([O-])c1ccccc1-c1ccc2/c(c1)=c1/cccc/c1=c1\cccc\c1=c1/cccc/c1=2. The molecule has 0 bridgehead atoms. The maximum atomic E-state index is 11.7. The van der Waals surface area contributed by atoms with Crippen LogP contribution in [-0.2, 0) is 0 Å². The van der Waals surface area contributed by atoms with Gasteiger partial charge in [0, 0.05) is 6.07 Å². The molecule has 0 radical (unpaired) electrons. The first-order valence-electron chi connectivity index (χ1n) is 10.9. The molecule has 0 saturated carbocycles. The average molecular weight is 425 g/mol. The van der Waals surface area contributed by atoms with Crippen LogP contribution in [0.2, 0.25) is 0 Å². The highest BCUT2D eigenvalue weighted by atomic mass is 16.6. The molecule has 1 aliphatic rings. The summed E-state index contributed by atoms with van der Waals surface area (Å²) in [6.45, 7) is 0. The van der Waals surface area contributed by atoms with Gasteiger partial charge >= 0.3 is 0 Å². The number of benzene rings is 5. The number of nitro benzene ring substituents is 1. The highest BCUT2D eigenvalue weighted by Crippen LogP contribution is 2.30. The number of fused-ring (bicyclic) bond motifs is 4. The number of nitro groups is 1. The molecule has 0 amide bonds. The van der Waals surface area contributed by atoms with Crippen LogP contribution in [0.15, 0.2) is 115 Å². The van der Waals surface area contributed by atoms with E-state index in [1.807, 2.05) is 18.2 Å². The zero-order chi connectivity index (χ0) is 22.4. The predicted octanol–water partition coefficient (Wildman–Crippen LogP) is 6.72. The van der Waals surface area contributed by atoms with Gasteiger partial charge in [0.2, 0.25) is 0 Å². The van der Waals surface area contributed by atoms with Crippen molar-refractivity contribution in [2.75, 3.05) is 0 Å². The predicted molar refractivity (Wildman–Crippen MR) is 129 cm³/mol. The Labute approximate surface area is 189 Å². The van der Waals surface area contributed by atoms with Crippen LogP contribution < -0.4 is 0 Å². The first-order chi connectivity index (χ1) is 16.2. The van der Waals surface area contributed by atoms with Crippen molar-refractivity contribution in [3.05, 3.63) is 167 Å². The first kappa shape index (κ1) is 19.2. The van der Waals surface area contributed by atoms with E-state index in [1.54, 1.807) is 12.1 Å². The summed E-state index contributed by atoms with van der Waals surface area (Å²) in [5, 5.41) is 20.9. The summed E-state index contributed by atoms with van der Waals surface area (Å²) < 4.78 is 0. The largest absolute Gasteiger partial charge is 0.277 e. The Bertz CT molecular complexity index is 1960. The highest BCUT2D eigenvalue weighted by molar-refractivity contribution is 5.73. The Morgan fingerprint density at radius 2 is 0.848 bits per heavy atom. The van der Waals surface area contributed by atoms with Crippen molar-refractivity contribution >= 4 is 5.69 Å². The number of rotatable bonds is 2. The smallest absolute Gasteiger partial charge is 0.258 e. The second kappa shape index (κ2) is 7.57. The summed E-state index contributed by atoms with van der Waals surface area (Å²) in [7, 11) is 0. The molecular weight excluding hydrogens is 406 g/mol. The minimum atomic E-state index is -0.314. The van der Waals surface area contributed by atoms with E-state index >= 15 is 0 Å². The van der Waals surface area contributed by atoms with Crippen molar-refractivity contribution in [2.24, 2.45) is 0 Å². The van der Waals surface area contributed by atoms with Crippen molar-refractivity contribution in [1.82, 2.24) is 0 Å².